The first-order chi connectivity index (χ1) is 13.5. The first-order valence-corrected chi connectivity index (χ1v) is 10.8. The first-order valence-electron chi connectivity index (χ1n) is 9.86. The standard InChI is InChI=1S/C23H32N4S/c1-18(2)10-8-11-19(3)12-9-13-20(4)16-17-28-22-15-7-6-14-21(22)23-24-25-26-27(23)5/h6-7,10,12,14-16H,8-9,11,13,17H2,1-5H3. The van der Waals surface area contributed by atoms with Gasteiger partial charge in [0.25, 0.3) is 0 Å². The summed E-state index contributed by atoms with van der Waals surface area (Å²) in [7, 11) is 1.87. The molecule has 0 saturated heterocycles. The van der Waals surface area contributed by atoms with Gasteiger partial charge in [-0.1, -0.05) is 47.1 Å². The number of tetrazole rings is 1. The smallest absolute Gasteiger partial charge is 0.182 e. The minimum absolute atomic E-state index is 0.803. The molecule has 0 aliphatic rings. The van der Waals surface area contributed by atoms with Crippen molar-refractivity contribution in [2.75, 3.05) is 5.75 Å². The Hall–Kier alpha value is -2.14. The Bertz CT molecular complexity index is 842. The summed E-state index contributed by atoms with van der Waals surface area (Å²) in [5, 5.41) is 11.8. The maximum absolute atomic E-state index is 4.14. The summed E-state index contributed by atoms with van der Waals surface area (Å²) in [6.45, 7) is 8.79. The van der Waals surface area contributed by atoms with E-state index in [4.69, 9.17) is 0 Å². The third-order valence-corrected chi connectivity index (χ3v) is 5.54. The van der Waals surface area contributed by atoms with Gasteiger partial charge in [-0.15, -0.1) is 16.9 Å². The number of allylic oxidation sites excluding steroid dienone is 5. The van der Waals surface area contributed by atoms with Crippen LogP contribution in [-0.2, 0) is 7.05 Å². The van der Waals surface area contributed by atoms with Gasteiger partial charge in [-0.2, -0.15) is 0 Å². The summed E-state index contributed by atoms with van der Waals surface area (Å²) < 4.78 is 1.72. The van der Waals surface area contributed by atoms with Crippen LogP contribution >= 0.6 is 11.8 Å². The van der Waals surface area contributed by atoms with Gasteiger partial charge >= 0.3 is 0 Å². The molecule has 150 valence electrons. The van der Waals surface area contributed by atoms with Gasteiger partial charge in [0.1, 0.15) is 0 Å². The monoisotopic (exact) mass is 396 g/mol. The van der Waals surface area contributed by atoms with Crippen molar-refractivity contribution in [2.24, 2.45) is 7.05 Å². The average Bonchev–Trinajstić information content (AvgIpc) is 3.07. The minimum atomic E-state index is 0.803. The van der Waals surface area contributed by atoms with Crippen LogP contribution in [0.4, 0.5) is 0 Å². The number of hydrogen-bond donors (Lipinski definition) is 0. The lowest BCUT2D eigenvalue weighted by molar-refractivity contribution is 0.714. The number of aromatic nitrogens is 4. The Labute approximate surface area is 173 Å². The van der Waals surface area contributed by atoms with Crippen LogP contribution in [-0.4, -0.2) is 26.0 Å². The van der Waals surface area contributed by atoms with Crippen molar-refractivity contribution in [2.45, 2.75) is 58.3 Å². The highest BCUT2D eigenvalue weighted by Crippen LogP contribution is 2.29. The number of hydrogen-bond acceptors (Lipinski definition) is 4. The van der Waals surface area contributed by atoms with Gasteiger partial charge in [-0.05, 0) is 75.9 Å². The molecule has 0 unspecified atom stereocenters. The van der Waals surface area contributed by atoms with E-state index in [0.717, 1.165) is 42.8 Å². The van der Waals surface area contributed by atoms with Crippen LogP contribution in [0, 0.1) is 0 Å². The van der Waals surface area contributed by atoms with Gasteiger partial charge in [0.05, 0.1) is 0 Å². The summed E-state index contributed by atoms with van der Waals surface area (Å²) in [4.78, 5) is 1.21. The van der Waals surface area contributed by atoms with Crippen molar-refractivity contribution in [1.82, 2.24) is 20.2 Å². The molecular weight excluding hydrogens is 364 g/mol. The molecule has 4 nitrogen and oxygen atoms in total. The summed E-state index contributed by atoms with van der Waals surface area (Å²) >= 11 is 1.83. The van der Waals surface area contributed by atoms with Gasteiger partial charge in [0, 0.05) is 23.3 Å². The van der Waals surface area contributed by atoms with E-state index in [-0.39, 0.29) is 0 Å². The molecule has 0 radical (unpaired) electrons. The Morgan fingerprint density at radius 3 is 2.32 bits per heavy atom. The van der Waals surface area contributed by atoms with Crippen molar-refractivity contribution < 1.29 is 0 Å². The molecule has 0 saturated carbocycles. The molecule has 2 aromatic rings. The topological polar surface area (TPSA) is 43.6 Å². The van der Waals surface area contributed by atoms with E-state index in [1.807, 2.05) is 24.9 Å². The molecule has 0 aliphatic carbocycles. The number of aryl methyl sites for hydroxylation is 1. The Balaban J connectivity index is 1.83. The zero-order chi connectivity index (χ0) is 20.4. The highest BCUT2D eigenvalue weighted by Gasteiger charge is 2.10. The van der Waals surface area contributed by atoms with E-state index in [2.05, 4.69) is 79.6 Å². The largest absolute Gasteiger partial charge is 0.229 e. The van der Waals surface area contributed by atoms with Gasteiger partial charge in [0.15, 0.2) is 5.82 Å². The number of nitrogens with zero attached hydrogens (tertiary/aromatic N) is 4. The van der Waals surface area contributed by atoms with Crippen LogP contribution in [0.2, 0.25) is 0 Å². The predicted octanol–water partition coefficient (Wildman–Crippen LogP) is 6.39. The number of benzene rings is 1. The maximum Gasteiger partial charge on any atom is 0.182 e. The Kier molecular flexibility index (Phi) is 9.21. The van der Waals surface area contributed by atoms with Crippen LogP contribution in [0.1, 0.15) is 53.4 Å². The van der Waals surface area contributed by atoms with E-state index in [1.54, 1.807) is 4.68 Å². The second-order valence-corrected chi connectivity index (χ2v) is 8.45. The van der Waals surface area contributed by atoms with Crippen LogP contribution in [0.25, 0.3) is 11.4 Å². The third kappa shape index (κ3) is 7.47. The molecule has 1 aromatic carbocycles. The molecule has 0 amide bonds. The summed E-state index contributed by atoms with van der Waals surface area (Å²) in [6, 6.07) is 8.31. The van der Waals surface area contributed by atoms with Crippen molar-refractivity contribution in [3.05, 3.63) is 59.2 Å². The van der Waals surface area contributed by atoms with Crippen LogP contribution in [0.3, 0.4) is 0 Å². The quantitative estimate of drug-likeness (QED) is 0.345. The second-order valence-electron chi connectivity index (χ2n) is 7.39. The number of thioether (sulfide) groups is 1. The molecule has 0 atom stereocenters. The minimum Gasteiger partial charge on any atom is -0.229 e. The fraction of sp³-hybridized carbons (Fsp3) is 0.435. The molecule has 2 rings (SSSR count). The molecule has 0 spiro atoms. The molecule has 0 fully saturated rings. The molecule has 1 aromatic heterocycles. The van der Waals surface area contributed by atoms with Gasteiger partial charge in [-0.25, -0.2) is 4.68 Å². The lowest BCUT2D eigenvalue weighted by atomic mass is 10.1. The lowest BCUT2D eigenvalue weighted by Gasteiger charge is -2.07. The molecule has 0 N–H and O–H groups in total. The molecular formula is C23H32N4S. The summed E-state index contributed by atoms with van der Waals surface area (Å²) in [5.74, 6) is 1.76. The zero-order valence-corrected chi connectivity index (χ0v) is 18.6. The summed E-state index contributed by atoms with van der Waals surface area (Å²) in [6.07, 6.45) is 11.6. The van der Waals surface area contributed by atoms with E-state index in [9.17, 15) is 0 Å². The predicted molar refractivity (Wildman–Crippen MR) is 120 cm³/mol. The van der Waals surface area contributed by atoms with Crippen molar-refractivity contribution in [3.63, 3.8) is 0 Å². The SMILES string of the molecule is CC(C)=CCCC(C)=CCCC(C)=CCSc1ccccc1-c1nnnn1C. The zero-order valence-electron chi connectivity index (χ0n) is 17.8. The summed E-state index contributed by atoms with van der Waals surface area (Å²) in [5.41, 5.74) is 5.42. The van der Waals surface area contributed by atoms with E-state index < -0.39 is 0 Å². The molecule has 5 heteroatoms. The number of rotatable bonds is 10. The maximum atomic E-state index is 4.14. The van der Waals surface area contributed by atoms with Gasteiger partial charge in [0.2, 0.25) is 0 Å². The average molecular weight is 397 g/mol. The Morgan fingerprint density at radius 1 is 0.964 bits per heavy atom. The van der Waals surface area contributed by atoms with Crippen molar-refractivity contribution in [1.29, 1.82) is 0 Å². The van der Waals surface area contributed by atoms with Crippen LogP contribution < -0.4 is 0 Å². The highest BCUT2D eigenvalue weighted by molar-refractivity contribution is 7.99. The molecule has 28 heavy (non-hydrogen) atoms. The normalized spacial score (nSPS) is 12.3. The second kappa shape index (κ2) is 11.6. The van der Waals surface area contributed by atoms with Gasteiger partial charge in [-0.3, -0.25) is 0 Å². The van der Waals surface area contributed by atoms with E-state index in [0.29, 0.717) is 0 Å². The Morgan fingerprint density at radius 2 is 1.64 bits per heavy atom. The van der Waals surface area contributed by atoms with E-state index >= 15 is 0 Å². The fourth-order valence-corrected chi connectivity index (χ4v) is 3.88. The van der Waals surface area contributed by atoms with Crippen LogP contribution in [0.15, 0.2) is 64.1 Å². The molecule has 1 heterocycles. The van der Waals surface area contributed by atoms with Gasteiger partial charge < -0.3 is 0 Å². The lowest BCUT2D eigenvalue weighted by Crippen LogP contribution is -1.95. The molecule has 0 aliphatic heterocycles. The third-order valence-electron chi connectivity index (χ3n) is 4.54. The first kappa shape index (κ1) is 22.2. The van der Waals surface area contributed by atoms with Crippen molar-refractivity contribution in [3.8, 4) is 11.4 Å². The fourth-order valence-electron chi connectivity index (χ4n) is 2.85. The van der Waals surface area contributed by atoms with Crippen LogP contribution in [0.5, 0.6) is 0 Å². The van der Waals surface area contributed by atoms with Crippen molar-refractivity contribution >= 4 is 11.8 Å². The highest BCUT2D eigenvalue weighted by atomic mass is 32.2. The van der Waals surface area contributed by atoms with E-state index in [1.165, 1.54) is 21.6 Å². The molecule has 0 bridgehead atoms.